The fraction of sp³-hybridized carbons (Fsp3) is 0.917. The number of methoxy groups -OCH3 is 1. The molecule has 18 heavy (non-hydrogen) atoms. The highest BCUT2D eigenvalue weighted by Crippen LogP contribution is 2.22. The van der Waals surface area contributed by atoms with Crippen LogP contribution in [0.2, 0.25) is 0 Å². The van der Waals surface area contributed by atoms with E-state index in [1.54, 1.807) is 7.11 Å². The molecule has 0 bridgehead atoms. The summed E-state index contributed by atoms with van der Waals surface area (Å²) in [6.45, 7) is 5.95. The van der Waals surface area contributed by atoms with Crippen LogP contribution in [-0.4, -0.2) is 60.9 Å². The number of hydrogen-bond donors (Lipinski definition) is 1. The average Bonchev–Trinajstić information content (AvgIpc) is 2.67. The quantitative estimate of drug-likeness (QED) is 0.764. The zero-order valence-electron chi connectivity index (χ0n) is 11.5. The van der Waals surface area contributed by atoms with Crippen molar-refractivity contribution in [1.82, 2.24) is 4.90 Å². The van der Waals surface area contributed by atoms with Gasteiger partial charge in [0, 0.05) is 7.11 Å². The lowest BCUT2D eigenvalue weighted by molar-refractivity contribution is -0.0677. The Labute approximate surface area is 108 Å². The van der Waals surface area contributed by atoms with Crippen molar-refractivity contribution in [3.63, 3.8) is 0 Å². The molecular weight excluding hydrogens is 238 g/mol. The van der Waals surface area contributed by atoms with Crippen LogP contribution in [0.3, 0.4) is 0 Å². The Bertz CT molecular complexity index is 276. The molecule has 0 aliphatic carbocycles. The second kappa shape index (κ2) is 6.36. The molecule has 0 aromatic rings. The predicted molar refractivity (Wildman–Crippen MR) is 65.2 cm³/mol. The lowest BCUT2D eigenvalue weighted by atomic mass is 10.2. The van der Waals surface area contributed by atoms with E-state index >= 15 is 0 Å². The van der Waals surface area contributed by atoms with Crippen molar-refractivity contribution in [2.45, 2.75) is 44.9 Å². The van der Waals surface area contributed by atoms with Crippen LogP contribution < -0.4 is 0 Å². The second-order valence-electron chi connectivity index (χ2n) is 5.40. The van der Waals surface area contributed by atoms with Crippen LogP contribution in [0.1, 0.15) is 27.2 Å². The summed E-state index contributed by atoms with van der Waals surface area (Å²) >= 11 is 0. The fourth-order valence-electron chi connectivity index (χ4n) is 1.88. The van der Waals surface area contributed by atoms with Crippen LogP contribution in [0, 0.1) is 0 Å². The average molecular weight is 261 g/mol. The van der Waals surface area contributed by atoms with Crippen molar-refractivity contribution in [1.29, 1.82) is 0 Å². The Hall–Kier alpha value is -0.850. The van der Waals surface area contributed by atoms with Gasteiger partial charge < -0.3 is 24.2 Å². The van der Waals surface area contributed by atoms with Gasteiger partial charge in [-0.1, -0.05) is 0 Å². The van der Waals surface area contributed by atoms with E-state index in [0.717, 1.165) is 0 Å². The van der Waals surface area contributed by atoms with E-state index in [4.69, 9.17) is 14.2 Å². The molecule has 106 valence electrons. The Morgan fingerprint density at radius 1 is 1.44 bits per heavy atom. The molecule has 0 aromatic heterocycles. The van der Waals surface area contributed by atoms with Gasteiger partial charge in [0.15, 0.2) is 0 Å². The maximum Gasteiger partial charge on any atom is 0.410 e. The van der Waals surface area contributed by atoms with Crippen LogP contribution in [-0.2, 0) is 14.2 Å². The standard InChI is InChI=1S/C12H23NO5/c1-12(2,3)18-11(15)13-6-10(17-8-16-4)5-9(13)7-14/h9-10,14H,5-8H2,1-4H3. The first kappa shape index (κ1) is 15.2. The number of ether oxygens (including phenoxy) is 3. The highest BCUT2D eigenvalue weighted by atomic mass is 16.7. The zero-order chi connectivity index (χ0) is 13.8. The second-order valence-corrected chi connectivity index (χ2v) is 5.40. The highest BCUT2D eigenvalue weighted by Gasteiger charge is 2.37. The minimum atomic E-state index is -0.539. The number of likely N-dealkylation sites (tertiary alicyclic amines) is 1. The summed E-state index contributed by atoms with van der Waals surface area (Å²) in [6, 6.07) is -0.248. The number of hydrogen-bond acceptors (Lipinski definition) is 5. The molecule has 1 rings (SSSR count). The van der Waals surface area contributed by atoms with E-state index in [9.17, 15) is 9.90 Å². The van der Waals surface area contributed by atoms with Crippen molar-refractivity contribution in [3.8, 4) is 0 Å². The summed E-state index contributed by atoms with van der Waals surface area (Å²) < 4.78 is 15.5. The summed E-state index contributed by atoms with van der Waals surface area (Å²) in [5, 5.41) is 9.29. The lowest BCUT2D eigenvalue weighted by Gasteiger charge is -2.27. The number of carbonyl (C=O) groups is 1. The lowest BCUT2D eigenvalue weighted by Crippen LogP contribution is -2.41. The van der Waals surface area contributed by atoms with Crippen molar-refractivity contribution >= 4 is 6.09 Å². The number of carbonyl (C=O) groups excluding carboxylic acids is 1. The Balaban J connectivity index is 2.55. The first-order chi connectivity index (χ1) is 8.37. The van der Waals surface area contributed by atoms with Gasteiger partial charge in [-0.3, -0.25) is 0 Å². The Kier molecular flexibility index (Phi) is 5.37. The monoisotopic (exact) mass is 261 g/mol. The number of aliphatic hydroxyl groups is 1. The molecular formula is C12H23NO5. The molecule has 2 unspecified atom stereocenters. The third-order valence-electron chi connectivity index (χ3n) is 2.64. The van der Waals surface area contributed by atoms with Crippen molar-refractivity contribution in [3.05, 3.63) is 0 Å². The molecule has 0 radical (unpaired) electrons. The summed E-state index contributed by atoms with van der Waals surface area (Å²) in [7, 11) is 1.55. The Morgan fingerprint density at radius 3 is 2.61 bits per heavy atom. The van der Waals surface area contributed by atoms with Crippen LogP contribution in [0.4, 0.5) is 4.79 Å². The molecule has 1 N–H and O–H groups in total. The SMILES string of the molecule is COCOC1CC(CO)N(C(=O)OC(C)(C)C)C1. The van der Waals surface area contributed by atoms with Crippen LogP contribution in [0.25, 0.3) is 0 Å². The molecule has 1 saturated heterocycles. The molecule has 2 atom stereocenters. The smallest absolute Gasteiger partial charge is 0.410 e. The molecule has 1 amide bonds. The molecule has 1 heterocycles. The van der Waals surface area contributed by atoms with E-state index in [-0.39, 0.29) is 25.5 Å². The third kappa shape index (κ3) is 4.44. The van der Waals surface area contributed by atoms with E-state index in [1.807, 2.05) is 20.8 Å². The van der Waals surface area contributed by atoms with Gasteiger partial charge in [0.25, 0.3) is 0 Å². The minimum Gasteiger partial charge on any atom is -0.444 e. The predicted octanol–water partition coefficient (Wildman–Crippen LogP) is 0.977. The number of rotatable bonds is 4. The summed E-state index contributed by atoms with van der Waals surface area (Å²) in [5.74, 6) is 0. The van der Waals surface area contributed by atoms with Gasteiger partial charge in [0.2, 0.25) is 0 Å². The molecule has 6 heteroatoms. The van der Waals surface area contributed by atoms with Crippen molar-refractivity contribution < 1.29 is 24.1 Å². The summed E-state index contributed by atoms with van der Waals surface area (Å²) in [6.07, 6.45) is 0.0683. The van der Waals surface area contributed by atoms with Gasteiger partial charge in [-0.25, -0.2) is 4.79 Å². The van der Waals surface area contributed by atoms with Crippen molar-refractivity contribution in [2.24, 2.45) is 0 Å². The zero-order valence-corrected chi connectivity index (χ0v) is 11.5. The van der Waals surface area contributed by atoms with Gasteiger partial charge in [0.05, 0.1) is 25.3 Å². The maximum absolute atomic E-state index is 12.0. The number of nitrogens with zero attached hydrogens (tertiary/aromatic N) is 1. The normalized spacial score (nSPS) is 24.4. The maximum atomic E-state index is 12.0. The number of aliphatic hydroxyl groups excluding tert-OH is 1. The van der Waals surface area contributed by atoms with E-state index < -0.39 is 11.7 Å². The summed E-state index contributed by atoms with van der Waals surface area (Å²) in [4.78, 5) is 13.5. The fourth-order valence-corrected chi connectivity index (χ4v) is 1.88. The molecule has 6 nitrogen and oxygen atoms in total. The van der Waals surface area contributed by atoms with Gasteiger partial charge in [-0.05, 0) is 27.2 Å². The Morgan fingerprint density at radius 2 is 2.11 bits per heavy atom. The van der Waals surface area contributed by atoms with Crippen LogP contribution in [0.5, 0.6) is 0 Å². The molecule has 1 aliphatic rings. The molecule has 0 spiro atoms. The van der Waals surface area contributed by atoms with Gasteiger partial charge in [0.1, 0.15) is 12.4 Å². The van der Waals surface area contributed by atoms with Gasteiger partial charge >= 0.3 is 6.09 Å². The first-order valence-corrected chi connectivity index (χ1v) is 6.08. The van der Waals surface area contributed by atoms with Gasteiger partial charge in [-0.15, -0.1) is 0 Å². The van der Waals surface area contributed by atoms with E-state index in [2.05, 4.69) is 0 Å². The molecule has 1 aliphatic heterocycles. The van der Waals surface area contributed by atoms with Crippen LogP contribution >= 0.6 is 0 Å². The van der Waals surface area contributed by atoms with E-state index in [1.165, 1.54) is 4.90 Å². The molecule has 0 aromatic carbocycles. The highest BCUT2D eigenvalue weighted by molar-refractivity contribution is 5.69. The minimum absolute atomic E-state index is 0.0912. The first-order valence-electron chi connectivity index (χ1n) is 6.08. The summed E-state index contributed by atoms with van der Waals surface area (Å²) in [5.41, 5.74) is -0.539. The van der Waals surface area contributed by atoms with E-state index in [0.29, 0.717) is 13.0 Å². The van der Waals surface area contributed by atoms with Crippen molar-refractivity contribution in [2.75, 3.05) is 27.1 Å². The number of amides is 1. The molecule has 0 saturated carbocycles. The third-order valence-corrected chi connectivity index (χ3v) is 2.64. The van der Waals surface area contributed by atoms with Gasteiger partial charge in [-0.2, -0.15) is 0 Å². The molecule has 1 fully saturated rings. The largest absolute Gasteiger partial charge is 0.444 e. The topological polar surface area (TPSA) is 68.2 Å². The van der Waals surface area contributed by atoms with Crippen LogP contribution in [0.15, 0.2) is 0 Å².